The number of nitrogens with zero attached hydrogens (tertiary/aromatic N) is 4. The second-order valence-electron chi connectivity index (χ2n) is 8.52. The Morgan fingerprint density at radius 1 is 1.29 bits per heavy atom. The molecule has 0 bridgehead atoms. The van der Waals surface area contributed by atoms with Gasteiger partial charge in [0.15, 0.2) is 0 Å². The lowest BCUT2D eigenvalue weighted by Gasteiger charge is -2.35. The highest BCUT2D eigenvalue weighted by atomic mass is 19.1. The van der Waals surface area contributed by atoms with E-state index in [-0.39, 0.29) is 17.4 Å². The largest absolute Gasteiger partial charge is 0.455 e. The van der Waals surface area contributed by atoms with Crippen LogP contribution >= 0.6 is 0 Å². The van der Waals surface area contributed by atoms with E-state index in [1.165, 1.54) is 19.2 Å². The zero-order chi connectivity index (χ0) is 23.8. The third-order valence-corrected chi connectivity index (χ3v) is 6.47. The summed E-state index contributed by atoms with van der Waals surface area (Å²) in [7, 11) is 1.35. The van der Waals surface area contributed by atoms with Crippen LogP contribution in [-0.2, 0) is 11.2 Å². The van der Waals surface area contributed by atoms with Crippen LogP contribution in [0.15, 0.2) is 42.7 Å². The number of ether oxygens (including phenoxy) is 2. The van der Waals surface area contributed by atoms with Crippen LogP contribution in [0.4, 0.5) is 14.9 Å². The van der Waals surface area contributed by atoms with Gasteiger partial charge in [0.1, 0.15) is 28.9 Å². The Labute approximate surface area is 196 Å². The number of rotatable bonds is 4. The highest BCUT2D eigenvalue weighted by molar-refractivity contribution is 5.92. The van der Waals surface area contributed by atoms with Crippen molar-refractivity contribution in [2.75, 3.05) is 25.1 Å². The number of fused-ring (bicyclic) bond motifs is 1. The first-order valence-electron chi connectivity index (χ1n) is 11.2. The summed E-state index contributed by atoms with van der Waals surface area (Å²) in [5, 5.41) is 17.3. The first-order valence-corrected chi connectivity index (χ1v) is 11.2. The number of halogens is 1. The number of aromatic nitrogens is 2. The van der Waals surface area contributed by atoms with Crippen molar-refractivity contribution in [2.24, 2.45) is 0 Å². The number of benzene rings is 2. The molecule has 2 aromatic carbocycles. The third-order valence-electron chi connectivity index (χ3n) is 6.47. The van der Waals surface area contributed by atoms with Crippen molar-refractivity contribution < 1.29 is 18.7 Å². The van der Waals surface area contributed by atoms with Gasteiger partial charge in [0.2, 0.25) is 0 Å². The van der Waals surface area contributed by atoms with E-state index in [2.05, 4.69) is 10.4 Å². The normalized spacial score (nSPS) is 17.5. The van der Waals surface area contributed by atoms with Gasteiger partial charge in [0.05, 0.1) is 25.0 Å². The predicted octanol–water partition coefficient (Wildman–Crippen LogP) is 4.40. The molecule has 0 radical (unpaired) electrons. The summed E-state index contributed by atoms with van der Waals surface area (Å²) in [5.74, 6) is -0.0517. The molecule has 3 heterocycles. The summed E-state index contributed by atoms with van der Waals surface area (Å²) in [6.45, 7) is 3.68. The third kappa shape index (κ3) is 3.66. The summed E-state index contributed by atoms with van der Waals surface area (Å²) in [6.07, 6.45) is 4.61. The van der Waals surface area contributed by atoms with Crippen LogP contribution in [-0.4, -0.2) is 42.1 Å². The summed E-state index contributed by atoms with van der Waals surface area (Å²) < 4.78 is 27.6. The quantitative estimate of drug-likeness (QED) is 0.619. The Kier molecular flexibility index (Phi) is 5.67. The zero-order valence-electron chi connectivity index (χ0n) is 18.9. The molecule has 1 fully saturated rings. The van der Waals surface area contributed by atoms with Gasteiger partial charge >= 0.3 is 6.09 Å². The van der Waals surface area contributed by atoms with Crippen LogP contribution in [0.25, 0.3) is 11.1 Å². The molecule has 2 aliphatic rings. The van der Waals surface area contributed by atoms with E-state index in [0.717, 1.165) is 29.8 Å². The molecule has 0 saturated carbocycles. The Hall–Kier alpha value is -3.90. The van der Waals surface area contributed by atoms with E-state index < -0.39 is 11.9 Å². The lowest BCUT2D eigenvalue weighted by atomic mass is 9.92. The number of methoxy groups -OCH3 is 1. The number of nitriles is 1. The van der Waals surface area contributed by atoms with Crippen molar-refractivity contribution in [2.45, 2.75) is 31.8 Å². The average molecular weight is 461 g/mol. The zero-order valence-corrected chi connectivity index (χ0v) is 18.9. The Morgan fingerprint density at radius 3 is 2.82 bits per heavy atom. The van der Waals surface area contributed by atoms with Gasteiger partial charge in [-0.2, -0.15) is 10.4 Å². The van der Waals surface area contributed by atoms with Crippen LogP contribution in [0.3, 0.4) is 0 Å². The number of hydrogen-bond acceptors (Lipinski definition) is 6. The fourth-order valence-corrected chi connectivity index (χ4v) is 4.47. The fraction of sp³-hybridized carbons (Fsp3) is 0.320. The number of carbonyl (C=O) groups excluding carboxylic acids is 1. The van der Waals surface area contributed by atoms with Crippen LogP contribution in [0.2, 0.25) is 0 Å². The minimum Gasteiger partial charge on any atom is -0.455 e. The molecule has 1 amide bonds. The summed E-state index contributed by atoms with van der Waals surface area (Å²) in [5.41, 5.74) is 2.89. The standard InChI is InChI=1S/C25H24FN5O3/c1-15-6-7-19-22(31(15)25(32)33-2)9-8-18(16-11-29-30(14-16)17-12-28-13-17)24(19)34-23-5-3-4-21(26)20(23)10-27/h3-5,8-9,11,14-15,17,28H,6-7,12-13H2,1-2H3. The monoisotopic (exact) mass is 461 g/mol. The molecule has 1 unspecified atom stereocenters. The molecular formula is C25H24FN5O3. The Balaban J connectivity index is 1.67. The van der Waals surface area contributed by atoms with Crippen LogP contribution in [0.1, 0.15) is 30.5 Å². The Bertz CT molecular complexity index is 1290. The SMILES string of the molecule is COC(=O)N1c2ccc(-c3cnn(C4CNC4)c3)c(Oc3cccc(F)c3C#N)c2CCC1C. The molecule has 1 saturated heterocycles. The molecule has 5 rings (SSSR count). The predicted molar refractivity (Wildman–Crippen MR) is 123 cm³/mol. The lowest BCUT2D eigenvalue weighted by molar-refractivity contribution is 0.175. The van der Waals surface area contributed by atoms with Gasteiger partial charge in [-0.1, -0.05) is 6.07 Å². The molecular weight excluding hydrogens is 437 g/mol. The van der Waals surface area contributed by atoms with Gasteiger partial charge in [-0.15, -0.1) is 0 Å². The second-order valence-corrected chi connectivity index (χ2v) is 8.52. The van der Waals surface area contributed by atoms with Crippen molar-refractivity contribution >= 4 is 11.8 Å². The molecule has 2 aliphatic heterocycles. The number of amides is 1. The molecule has 1 N–H and O–H groups in total. The molecule has 0 aliphatic carbocycles. The molecule has 1 atom stereocenters. The van der Waals surface area contributed by atoms with Gasteiger partial charge < -0.3 is 14.8 Å². The summed E-state index contributed by atoms with van der Waals surface area (Å²) in [4.78, 5) is 14.2. The number of anilines is 1. The minimum atomic E-state index is -0.651. The van der Waals surface area contributed by atoms with Gasteiger partial charge in [0.25, 0.3) is 0 Å². The smallest absolute Gasteiger partial charge is 0.414 e. The van der Waals surface area contributed by atoms with Crippen LogP contribution in [0, 0.1) is 17.1 Å². The van der Waals surface area contributed by atoms with Crippen molar-refractivity contribution in [1.82, 2.24) is 15.1 Å². The Morgan fingerprint density at radius 2 is 2.12 bits per heavy atom. The topological polar surface area (TPSA) is 92.4 Å². The van der Waals surface area contributed by atoms with Gasteiger partial charge in [-0.05, 0) is 44.0 Å². The molecule has 8 nitrogen and oxygen atoms in total. The molecule has 3 aromatic rings. The van der Waals surface area contributed by atoms with Crippen molar-refractivity contribution in [3.8, 4) is 28.7 Å². The summed E-state index contributed by atoms with van der Waals surface area (Å²) in [6, 6.07) is 10.2. The lowest BCUT2D eigenvalue weighted by Crippen LogP contribution is -2.43. The number of carbonyl (C=O) groups is 1. The second kappa shape index (κ2) is 8.80. The van der Waals surface area contributed by atoms with E-state index in [0.29, 0.717) is 30.3 Å². The highest BCUT2D eigenvalue weighted by Gasteiger charge is 2.33. The molecule has 1 aromatic heterocycles. The summed E-state index contributed by atoms with van der Waals surface area (Å²) >= 11 is 0. The van der Waals surface area contributed by atoms with Gasteiger partial charge in [-0.25, -0.2) is 9.18 Å². The van der Waals surface area contributed by atoms with E-state index >= 15 is 0 Å². The van der Waals surface area contributed by atoms with Crippen molar-refractivity contribution in [1.29, 1.82) is 5.26 Å². The molecule has 9 heteroatoms. The maximum Gasteiger partial charge on any atom is 0.414 e. The van der Waals surface area contributed by atoms with Gasteiger partial charge in [0, 0.05) is 42.0 Å². The van der Waals surface area contributed by atoms with E-state index in [4.69, 9.17) is 9.47 Å². The van der Waals surface area contributed by atoms with E-state index in [1.54, 1.807) is 17.2 Å². The maximum absolute atomic E-state index is 14.3. The first kappa shape index (κ1) is 21.9. The minimum absolute atomic E-state index is 0.0589. The van der Waals surface area contributed by atoms with Crippen molar-refractivity contribution in [3.63, 3.8) is 0 Å². The van der Waals surface area contributed by atoms with Gasteiger partial charge in [-0.3, -0.25) is 9.58 Å². The van der Waals surface area contributed by atoms with E-state index in [9.17, 15) is 14.4 Å². The van der Waals surface area contributed by atoms with E-state index in [1.807, 2.05) is 36.0 Å². The van der Waals surface area contributed by atoms with Crippen molar-refractivity contribution in [3.05, 3.63) is 59.7 Å². The molecule has 34 heavy (non-hydrogen) atoms. The first-order chi connectivity index (χ1) is 16.5. The molecule has 174 valence electrons. The number of hydrogen-bond donors (Lipinski definition) is 1. The highest BCUT2D eigenvalue weighted by Crippen LogP contribution is 2.45. The van der Waals surface area contributed by atoms with Crippen LogP contribution in [0.5, 0.6) is 11.5 Å². The molecule has 0 spiro atoms. The fourth-order valence-electron chi connectivity index (χ4n) is 4.47. The number of nitrogens with one attached hydrogen (secondary N) is 1. The maximum atomic E-state index is 14.3. The average Bonchev–Trinajstić information content (AvgIpc) is 3.26. The van der Waals surface area contributed by atoms with Crippen LogP contribution < -0.4 is 15.0 Å².